The third-order valence-electron chi connectivity index (χ3n) is 3.52. The average Bonchev–Trinajstić information content (AvgIpc) is 2.95. The third kappa shape index (κ3) is 5.37. The molecule has 3 rings (SSSR count). The van der Waals surface area contributed by atoms with Crippen LogP contribution >= 0.6 is 0 Å². The summed E-state index contributed by atoms with van der Waals surface area (Å²) in [6, 6.07) is 16.1. The number of aliphatic imine (C=N–C) groups is 1. The van der Waals surface area contributed by atoms with Crippen molar-refractivity contribution >= 4 is 5.71 Å². The first-order valence-corrected chi connectivity index (χ1v) is 6.93. The minimum atomic E-state index is -0.302. The second-order valence-electron chi connectivity index (χ2n) is 5.10. The van der Waals surface area contributed by atoms with Crippen LogP contribution in [0.3, 0.4) is 0 Å². The molecule has 24 heavy (non-hydrogen) atoms. The van der Waals surface area contributed by atoms with Gasteiger partial charge < -0.3 is 9.84 Å². The third-order valence-corrected chi connectivity index (χ3v) is 3.52. The fourth-order valence-corrected chi connectivity index (χ4v) is 2.39. The van der Waals surface area contributed by atoms with Gasteiger partial charge in [-0.15, -0.1) is 0 Å². The zero-order valence-electron chi connectivity index (χ0n) is 12.5. The molecule has 1 N–H and O–H groups in total. The van der Waals surface area contributed by atoms with Gasteiger partial charge in [-0.25, -0.2) is 0 Å². The number of allylic oxidation sites excluding steroid dienone is 1. The predicted octanol–water partition coefficient (Wildman–Crippen LogP) is 5.05. The molecule has 1 heterocycles. The van der Waals surface area contributed by atoms with E-state index in [1.807, 2.05) is 30.5 Å². The SMILES string of the molecule is C.C.CC1=CN=C(c2ccc(-c3ccc(OCO)cc3)cc2)C1.[Y]. The molecule has 0 saturated carbocycles. The van der Waals surface area contributed by atoms with Crippen molar-refractivity contribution in [3.63, 3.8) is 0 Å². The summed E-state index contributed by atoms with van der Waals surface area (Å²) < 4.78 is 5.03. The summed E-state index contributed by atoms with van der Waals surface area (Å²) >= 11 is 0. The number of hydrogen-bond acceptors (Lipinski definition) is 3. The van der Waals surface area contributed by atoms with Crippen molar-refractivity contribution in [3.8, 4) is 16.9 Å². The van der Waals surface area contributed by atoms with Crippen molar-refractivity contribution in [1.29, 1.82) is 0 Å². The van der Waals surface area contributed by atoms with E-state index < -0.39 is 0 Å². The van der Waals surface area contributed by atoms with Crippen LogP contribution in [-0.4, -0.2) is 17.6 Å². The molecule has 2 aromatic rings. The standard InChI is InChI=1S/C18H17NO2.2CH4.Y/c1-13-10-18(19-11-13)16-4-2-14(3-5-16)15-6-8-17(9-7-15)21-12-20;;;/h2-9,11,20H,10,12H2,1H3;2*1H4;. The van der Waals surface area contributed by atoms with Gasteiger partial charge >= 0.3 is 0 Å². The van der Waals surface area contributed by atoms with E-state index in [1.54, 1.807) is 0 Å². The van der Waals surface area contributed by atoms with Crippen molar-refractivity contribution < 1.29 is 42.6 Å². The molecule has 125 valence electrons. The maximum Gasteiger partial charge on any atom is 0.186 e. The minimum Gasteiger partial charge on any atom is -0.468 e. The Morgan fingerprint density at radius 1 is 0.917 bits per heavy atom. The zero-order chi connectivity index (χ0) is 14.7. The maximum atomic E-state index is 8.72. The summed E-state index contributed by atoms with van der Waals surface area (Å²) in [6.45, 7) is 1.80. The molecule has 0 fully saturated rings. The van der Waals surface area contributed by atoms with Gasteiger partial charge in [0.15, 0.2) is 6.79 Å². The van der Waals surface area contributed by atoms with Crippen LogP contribution < -0.4 is 4.74 Å². The quantitative estimate of drug-likeness (QED) is 0.730. The molecule has 0 aliphatic carbocycles. The van der Waals surface area contributed by atoms with E-state index in [-0.39, 0.29) is 54.4 Å². The minimum absolute atomic E-state index is 0. The largest absolute Gasteiger partial charge is 0.468 e. The Morgan fingerprint density at radius 2 is 1.42 bits per heavy atom. The molecule has 4 heteroatoms. The first-order chi connectivity index (χ1) is 10.3. The van der Waals surface area contributed by atoms with Crippen LogP contribution in [0.4, 0.5) is 0 Å². The molecule has 1 radical (unpaired) electrons. The van der Waals surface area contributed by atoms with Gasteiger partial charge in [-0.2, -0.15) is 0 Å². The Balaban J connectivity index is 0.00000176. The van der Waals surface area contributed by atoms with Crippen molar-refractivity contribution in [2.24, 2.45) is 4.99 Å². The van der Waals surface area contributed by atoms with Crippen molar-refractivity contribution in [3.05, 3.63) is 65.9 Å². The number of benzene rings is 2. The molecule has 0 aromatic heterocycles. The van der Waals surface area contributed by atoms with Crippen molar-refractivity contribution in [2.45, 2.75) is 28.2 Å². The normalized spacial score (nSPS) is 12.1. The summed E-state index contributed by atoms with van der Waals surface area (Å²) in [5.41, 5.74) is 5.87. The first-order valence-electron chi connectivity index (χ1n) is 6.93. The van der Waals surface area contributed by atoms with E-state index in [1.165, 1.54) is 11.1 Å². The molecule has 1 aliphatic rings. The van der Waals surface area contributed by atoms with E-state index in [2.05, 4.69) is 36.2 Å². The summed E-state index contributed by atoms with van der Waals surface area (Å²) in [7, 11) is 0. The number of ether oxygens (including phenoxy) is 1. The van der Waals surface area contributed by atoms with E-state index in [0.29, 0.717) is 5.75 Å². The second-order valence-corrected chi connectivity index (χ2v) is 5.10. The number of rotatable bonds is 4. The van der Waals surface area contributed by atoms with E-state index in [9.17, 15) is 0 Å². The first kappa shape index (κ1) is 22.7. The summed E-state index contributed by atoms with van der Waals surface area (Å²) in [5.74, 6) is 0.666. The Kier molecular flexibility index (Phi) is 9.99. The van der Waals surface area contributed by atoms with Crippen LogP contribution in [0.25, 0.3) is 11.1 Å². The average molecular weight is 400 g/mol. The van der Waals surface area contributed by atoms with Crippen LogP contribution in [-0.2, 0) is 32.7 Å². The Labute approximate surface area is 170 Å². The second kappa shape index (κ2) is 10.6. The fraction of sp³-hybridized carbons (Fsp3) is 0.250. The smallest absolute Gasteiger partial charge is 0.186 e. The predicted molar refractivity (Wildman–Crippen MR) is 98.0 cm³/mol. The molecule has 1 aliphatic heterocycles. The molecule has 2 aromatic carbocycles. The van der Waals surface area contributed by atoms with E-state index >= 15 is 0 Å². The molecule has 3 nitrogen and oxygen atoms in total. The van der Waals surface area contributed by atoms with E-state index in [4.69, 9.17) is 9.84 Å². The molecular formula is C20H25NO2Y. The van der Waals surface area contributed by atoms with Crippen molar-refractivity contribution in [2.75, 3.05) is 6.79 Å². The van der Waals surface area contributed by atoms with Gasteiger partial charge in [0.25, 0.3) is 0 Å². The van der Waals surface area contributed by atoms with Crippen LogP contribution in [0.2, 0.25) is 0 Å². The van der Waals surface area contributed by atoms with E-state index in [0.717, 1.165) is 23.3 Å². The summed E-state index contributed by atoms with van der Waals surface area (Å²) in [6.07, 6.45) is 2.87. The zero-order valence-corrected chi connectivity index (χ0v) is 15.3. The fourth-order valence-electron chi connectivity index (χ4n) is 2.39. The topological polar surface area (TPSA) is 41.8 Å². The van der Waals surface area contributed by atoms with Gasteiger partial charge in [-0.05, 0) is 41.3 Å². The molecule has 0 spiro atoms. The van der Waals surface area contributed by atoms with Gasteiger partial charge in [-0.3, -0.25) is 4.99 Å². The molecule has 0 amide bonds. The summed E-state index contributed by atoms with van der Waals surface area (Å²) in [5, 5.41) is 8.72. The van der Waals surface area contributed by atoms with Gasteiger partial charge in [0.05, 0.1) is 5.71 Å². The number of hydrogen-bond donors (Lipinski definition) is 1. The van der Waals surface area contributed by atoms with Gasteiger partial charge in [0.1, 0.15) is 5.75 Å². The van der Waals surface area contributed by atoms with Gasteiger partial charge in [0.2, 0.25) is 0 Å². The Morgan fingerprint density at radius 3 is 1.88 bits per heavy atom. The molecule has 0 saturated heterocycles. The van der Waals surface area contributed by atoms with Gasteiger partial charge in [-0.1, -0.05) is 51.3 Å². The van der Waals surface area contributed by atoms with Crippen LogP contribution in [0.15, 0.2) is 65.3 Å². The Bertz CT molecular complexity index is 689. The molecule has 0 atom stereocenters. The number of nitrogens with zero attached hydrogens (tertiary/aromatic N) is 1. The van der Waals surface area contributed by atoms with Crippen LogP contribution in [0.1, 0.15) is 33.8 Å². The number of aliphatic hydroxyl groups excluding tert-OH is 1. The molecule has 0 unspecified atom stereocenters. The molecular weight excluding hydrogens is 375 g/mol. The Hall–Kier alpha value is -1.29. The number of aliphatic hydroxyl groups is 1. The monoisotopic (exact) mass is 400 g/mol. The van der Waals surface area contributed by atoms with Crippen LogP contribution in [0.5, 0.6) is 5.75 Å². The maximum absolute atomic E-state index is 8.72. The summed E-state index contributed by atoms with van der Waals surface area (Å²) in [4.78, 5) is 4.44. The van der Waals surface area contributed by atoms with Gasteiger partial charge in [0, 0.05) is 45.3 Å². The van der Waals surface area contributed by atoms with Crippen LogP contribution in [0, 0.1) is 0 Å². The van der Waals surface area contributed by atoms with Crippen molar-refractivity contribution in [1.82, 2.24) is 0 Å². The molecule has 0 bridgehead atoms.